The maximum Gasteiger partial charge on any atom is 0.308 e. The standard InChI is InChI=1S/C16H29NO2/c1-16(2,13-5-4-6-13)11-17-14-9-7-12(8-10-14)15(18)19-3/h12-14,17H,4-11H2,1-3H3. The Hall–Kier alpha value is -0.570. The second kappa shape index (κ2) is 6.25. The molecule has 1 N–H and O–H groups in total. The zero-order chi connectivity index (χ0) is 13.9. The molecule has 0 atom stereocenters. The molecule has 19 heavy (non-hydrogen) atoms. The number of carbonyl (C=O) groups excluding carboxylic acids is 1. The van der Waals surface area contributed by atoms with E-state index in [4.69, 9.17) is 4.74 Å². The Bertz CT molecular complexity index is 302. The van der Waals surface area contributed by atoms with E-state index in [0.717, 1.165) is 38.1 Å². The lowest BCUT2D eigenvalue weighted by Gasteiger charge is -2.42. The number of methoxy groups -OCH3 is 1. The Morgan fingerprint density at radius 1 is 1.16 bits per heavy atom. The van der Waals surface area contributed by atoms with Crippen LogP contribution in [-0.2, 0) is 9.53 Å². The molecule has 0 aromatic rings. The van der Waals surface area contributed by atoms with Crippen molar-refractivity contribution in [1.29, 1.82) is 0 Å². The van der Waals surface area contributed by atoms with Gasteiger partial charge in [0.2, 0.25) is 0 Å². The number of rotatable bonds is 5. The van der Waals surface area contributed by atoms with Crippen molar-refractivity contribution >= 4 is 5.97 Å². The lowest BCUT2D eigenvalue weighted by molar-refractivity contribution is -0.146. The first-order valence-electron chi connectivity index (χ1n) is 7.84. The summed E-state index contributed by atoms with van der Waals surface area (Å²) < 4.78 is 4.83. The number of hydrogen-bond donors (Lipinski definition) is 1. The topological polar surface area (TPSA) is 38.3 Å². The molecule has 0 amide bonds. The second-order valence-electron chi connectivity index (χ2n) is 7.07. The summed E-state index contributed by atoms with van der Waals surface area (Å²) >= 11 is 0. The zero-order valence-corrected chi connectivity index (χ0v) is 12.7. The molecule has 0 saturated heterocycles. The molecular formula is C16H29NO2. The van der Waals surface area contributed by atoms with Gasteiger partial charge < -0.3 is 10.1 Å². The highest BCUT2D eigenvalue weighted by Gasteiger charge is 2.34. The van der Waals surface area contributed by atoms with Gasteiger partial charge in [-0.25, -0.2) is 0 Å². The Balaban J connectivity index is 1.69. The van der Waals surface area contributed by atoms with E-state index in [1.165, 1.54) is 26.4 Å². The summed E-state index contributed by atoms with van der Waals surface area (Å²) in [7, 11) is 1.49. The quantitative estimate of drug-likeness (QED) is 0.778. The minimum absolute atomic E-state index is 0.0201. The fourth-order valence-electron chi connectivity index (χ4n) is 3.44. The molecule has 2 saturated carbocycles. The van der Waals surface area contributed by atoms with Gasteiger partial charge in [0, 0.05) is 12.6 Å². The van der Waals surface area contributed by atoms with E-state index in [1.807, 2.05) is 0 Å². The molecule has 2 aliphatic rings. The van der Waals surface area contributed by atoms with Crippen molar-refractivity contribution in [3.8, 4) is 0 Å². The van der Waals surface area contributed by atoms with Gasteiger partial charge in [-0.15, -0.1) is 0 Å². The molecular weight excluding hydrogens is 238 g/mol. The summed E-state index contributed by atoms with van der Waals surface area (Å²) in [5, 5.41) is 3.74. The Kier molecular flexibility index (Phi) is 4.88. The van der Waals surface area contributed by atoms with Gasteiger partial charge in [-0.2, -0.15) is 0 Å². The van der Waals surface area contributed by atoms with Crippen LogP contribution < -0.4 is 5.32 Å². The molecule has 2 rings (SSSR count). The normalized spacial score (nSPS) is 28.8. The average molecular weight is 267 g/mol. The SMILES string of the molecule is COC(=O)C1CCC(NCC(C)(C)C2CCC2)CC1. The van der Waals surface area contributed by atoms with E-state index in [-0.39, 0.29) is 11.9 Å². The summed E-state index contributed by atoms with van der Waals surface area (Å²) in [5.74, 6) is 1.03. The van der Waals surface area contributed by atoms with Crippen molar-refractivity contribution in [2.24, 2.45) is 17.3 Å². The molecule has 0 unspecified atom stereocenters. The number of ether oxygens (including phenoxy) is 1. The van der Waals surface area contributed by atoms with Gasteiger partial charge in [-0.1, -0.05) is 20.3 Å². The number of esters is 1. The summed E-state index contributed by atoms with van der Waals surface area (Å²) in [6, 6.07) is 0.597. The first-order valence-corrected chi connectivity index (χ1v) is 7.84. The van der Waals surface area contributed by atoms with Crippen LogP contribution in [-0.4, -0.2) is 25.7 Å². The lowest BCUT2D eigenvalue weighted by atomic mass is 9.67. The molecule has 0 bridgehead atoms. The third-order valence-electron chi connectivity index (χ3n) is 5.32. The maximum atomic E-state index is 11.5. The minimum Gasteiger partial charge on any atom is -0.469 e. The molecule has 0 aliphatic heterocycles. The Labute approximate surface area is 117 Å². The van der Waals surface area contributed by atoms with Crippen molar-refractivity contribution in [2.75, 3.05) is 13.7 Å². The van der Waals surface area contributed by atoms with Gasteiger partial charge >= 0.3 is 5.97 Å². The predicted molar refractivity (Wildman–Crippen MR) is 76.9 cm³/mol. The largest absolute Gasteiger partial charge is 0.469 e. The van der Waals surface area contributed by atoms with Crippen LogP contribution in [0.1, 0.15) is 58.8 Å². The van der Waals surface area contributed by atoms with Crippen molar-refractivity contribution in [2.45, 2.75) is 64.8 Å². The van der Waals surface area contributed by atoms with Crippen LogP contribution in [0, 0.1) is 17.3 Å². The van der Waals surface area contributed by atoms with E-state index < -0.39 is 0 Å². The molecule has 3 nitrogen and oxygen atoms in total. The molecule has 0 spiro atoms. The van der Waals surface area contributed by atoms with E-state index >= 15 is 0 Å². The van der Waals surface area contributed by atoms with E-state index in [0.29, 0.717) is 11.5 Å². The summed E-state index contributed by atoms with van der Waals surface area (Å²) in [4.78, 5) is 11.5. The molecule has 0 aromatic heterocycles. The van der Waals surface area contributed by atoms with Crippen LogP contribution in [0.15, 0.2) is 0 Å². The minimum atomic E-state index is -0.0201. The summed E-state index contributed by atoms with van der Waals surface area (Å²) in [6.07, 6.45) is 8.41. The monoisotopic (exact) mass is 267 g/mol. The maximum absolute atomic E-state index is 11.5. The third kappa shape index (κ3) is 3.71. The van der Waals surface area contributed by atoms with Crippen molar-refractivity contribution in [3.05, 3.63) is 0 Å². The third-order valence-corrected chi connectivity index (χ3v) is 5.32. The first-order chi connectivity index (χ1) is 9.03. The zero-order valence-electron chi connectivity index (χ0n) is 12.7. The van der Waals surface area contributed by atoms with Gasteiger partial charge in [-0.3, -0.25) is 4.79 Å². The highest BCUT2D eigenvalue weighted by Crippen LogP contribution is 2.41. The Morgan fingerprint density at radius 2 is 1.79 bits per heavy atom. The van der Waals surface area contributed by atoms with E-state index in [2.05, 4.69) is 19.2 Å². The van der Waals surface area contributed by atoms with Crippen molar-refractivity contribution < 1.29 is 9.53 Å². The fourth-order valence-corrected chi connectivity index (χ4v) is 3.44. The smallest absolute Gasteiger partial charge is 0.308 e. The highest BCUT2D eigenvalue weighted by atomic mass is 16.5. The van der Waals surface area contributed by atoms with Crippen LogP contribution in [0.4, 0.5) is 0 Å². The molecule has 110 valence electrons. The van der Waals surface area contributed by atoms with Crippen LogP contribution in [0.3, 0.4) is 0 Å². The molecule has 2 fully saturated rings. The van der Waals surface area contributed by atoms with Gasteiger partial charge in [0.25, 0.3) is 0 Å². The first kappa shape index (κ1) is 14.8. The number of hydrogen-bond acceptors (Lipinski definition) is 3. The van der Waals surface area contributed by atoms with Crippen LogP contribution in [0.25, 0.3) is 0 Å². The summed E-state index contributed by atoms with van der Waals surface area (Å²) in [5.41, 5.74) is 0.428. The molecule has 2 aliphatic carbocycles. The average Bonchev–Trinajstić information content (AvgIpc) is 2.33. The molecule has 0 aromatic carbocycles. The van der Waals surface area contributed by atoms with Crippen molar-refractivity contribution in [1.82, 2.24) is 5.32 Å². The summed E-state index contributed by atoms with van der Waals surface area (Å²) in [6.45, 7) is 5.90. The van der Waals surface area contributed by atoms with Gasteiger partial charge in [0.1, 0.15) is 0 Å². The number of carbonyl (C=O) groups is 1. The lowest BCUT2D eigenvalue weighted by Crippen LogP contribution is -2.44. The second-order valence-corrected chi connectivity index (χ2v) is 7.07. The van der Waals surface area contributed by atoms with E-state index in [1.54, 1.807) is 0 Å². The molecule has 0 radical (unpaired) electrons. The predicted octanol–water partition coefficient (Wildman–Crippen LogP) is 3.13. The van der Waals surface area contributed by atoms with Crippen LogP contribution >= 0.6 is 0 Å². The van der Waals surface area contributed by atoms with Gasteiger partial charge in [-0.05, 0) is 49.9 Å². The highest BCUT2D eigenvalue weighted by molar-refractivity contribution is 5.72. The van der Waals surface area contributed by atoms with Crippen LogP contribution in [0.5, 0.6) is 0 Å². The van der Waals surface area contributed by atoms with Gasteiger partial charge in [0.05, 0.1) is 13.0 Å². The Morgan fingerprint density at radius 3 is 2.26 bits per heavy atom. The number of nitrogens with one attached hydrogen (secondary N) is 1. The van der Waals surface area contributed by atoms with Crippen molar-refractivity contribution in [3.63, 3.8) is 0 Å². The fraction of sp³-hybridized carbons (Fsp3) is 0.938. The molecule has 0 heterocycles. The van der Waals surface area contributed by atoms with E-state index in [9.17, 15) is 4.79 Å². The van der Waals surface area contributed by atoms with Gasteiger partial charge in [0.15, 0.2) is 0 Å². The molecule has 3 heteroatoms. The van der Waals surface area contributed by atoms with Crippen LogP contribution in [0.2, 0.25) is 0 Å².